The monoisotopic (exact) mass is 293 g/mol. The van der Waals surface area contributed by atoms with Crippen molar-refractivity contribution in [3.63, 3.8) is 0 Å². The molecule has 0 rings (SSSR count). The molecule has 0 bridgehead atoms. The van der Waals surface area contributed by atoms with Crippen LogP contribution in [0.1, 0.15) is 6.42 Å². The second-order valence-corrected chi connectivity index (χ2v) is 2.54. The van der Waals surface area contributed by atoms with Crippen molar-refractivity contribution in [1.82, 2.24) is 0 Å². The van der Waals surface area contributed by atoms with E-state index in [1.807, 2.05) is 0 Å². The van der Waals surface area contributed by atoms with E-state index in [1.54, 1.807) is 0 Å². The summed E-state index contributed by atoms with van der Waals surface area (Å²) in [6.07, 6.45) is -2.33. The Labute approximate surface area is 106 Å². The van der Waals surface area contributed by atoms with Crippen LogP contribution in [-0.4, -0.2) is 52.0 Å². The van der Waals surface area contributed by atoms with E-state index in [2.05, 4.69) is 0 Å². The third-order valence-corrected chi connectivity index (χ3v) is 1.14. The normalized spacial score (nSPS) is 12.2. The number of nitrogens with two attached hydrogens (primary N) is 1. The molecule has 0 radical (unpaired) electrons. The second kappa shape index (κ2) is 11.3. The number of aliphatic hydroxyl groups is 2. The molecule has 5 N–H and O–H groups in total. The molecule has 10 heteroatoms. The molecule has 0 aromatic heterocycles. The average Bonchev–Trinajstić information content (AvgIpc) is 2.16. The molecular formula is C7H11FeNO8. The molecule has 0 saturated carbocycles. The summed E-state index contributed by atoms with van der Waals surface area (Å²) in [5, 5.41) is 43.0. The molecule has 0 fully saturated rings. The number of aliphatic carboxylic acids is 3. The minimum atomic E-state index is -1.74. The Kier molecular flexibility index (Phi) is 14.0. The summed E-state index contributed by atoms with van der Waals surface area (Å²) in [5.74, 6) is -4.44. The van der Waals surface area contributed by atoms with E-state index >= 15 is 0 Å². The zero-order valence-corrected chi connectivity index (χ0v) is 9.49. The van der Waals surface area contributed by atoms with Gasteiger partial charge in [-0.15, -0.1) is 0 Å². The average molecular weight is 293 g/mol. The number of carbonyl (C=O) groups is 3. The van der Waals surface area contributed by atoms with Gasteiger partial charge in [0.15, 0.2) is 0 Å². The molecule has 1 unspecified atom stereocenters. The molecule has 0 spiro atoms. The van der Waals surface area contributed by atoms with E-state index < -0.39 is 43.1 Å². The van der Waals surface area contributed by atoms with Crippen molar-refractivity contribution in [3.8, 4) is 0 Å². The van der Waals surface area contributed by atoms with Gasteiger partial charge in [0.1, 0.15) is 6.10 Å². The van der Waals surface area contributed by atoms with Gasteiger partial charge >= 0.3 is 23.0 Å². The van der Waals surface area contributed by atoms with E-state index in [9.17, 15) is 24.6 Å². The number of hydrogen-bond donors (Lipinski definition) is 4. The Morgan fingerprint density at radius 1 is 1.18 bits per heavy atom. The van der Waals surface area contributed by atoms with Gasteiger partial charge in [-0.05, 0) is 0 Å². The van der Waals surface area contributed by atoms with Crippen LogP contribution in [0.5, 0.6) is 0 Å². The van der Waals surface area contributed by atoms with Crippen LogP contribution in [0.25, 0.3) is 0 Å². The van der Waals surface area contributed by atoms with Crippen molar-refractivity contribution in [2.75, 3.05) is 6.61 Å². The predicted octanol–water partition coefficient (Wildman–Crippen LogP) is -5.37. The van der Waals surface area contributed by atoms with E-state index in [1.165, 1.54) is 0 Å². The molecule has 0 saturated heterocycles. The quantitative estimate of drug-likeness (QED) is 0.359. The first-order valence-electron chi connectivity index (χ1n) is 3.90. The van der Waals surface area contributed by atoms with E-state index in [0.717, 1.165) is 0 Å². The van der Waals surface area contributed by atoms with Crippen molar-refractivity contribution in [1.29, 1.82) is 0 Å². The van der Waals surface area contributed by atoms with Crippen molar-refractivity contribution in [2.24, 2.45) is 5.73 Å². The maximum atomic E-state index is 9.74. The largest absolute Gasteiger partial charge is 2.00 e. The number of rotatable bonds is 5. The summed E-state index contributed by atoms with van der Waals surface area (Å²) in [6.45, 7) is -0.789. The Morgan fingerprint density at radius 3 is 1.65 bits per heavy atom. The third kappa shape index (κ3) is 14.8. The SMILES string of the molecule is N[C@@H](CC(=O)O)C(=O)[O-].O=C([O-])C(O)CO.[Fe+2]. The fraction of sp³-hybridized carbons (Fsp3) is 0.571. The molecule has 9 nitrogen and oxygen atoms in total. The number of carboxylic acids is 3. The first kappa shape index (κ1) is 21.1. The van der Waals surface area contributed by atoms with E-state index in [0.29, 0.717) is 0 Å². The van der Waals surface area contributed by atoms with Gasteiger partial charge in [0.05, 0.1) is 31.0 Å². The number of aliphatic hydroxyl groups excluding tert-OH is 2. The van der Waals surface area contributed by atoms with Crippen LogP contribution in [0.2, 0.25) is 0 Å². The molecule has 100 valence electrons. The fourth-order valence-corrected chi connectivity index (χ4v) is 0.346. The summed E-state index contributed by atoms with van der Waals surface area (Å²) >= 11 is 0. The van der Waals surface area contributed by atoms with Crippen molar-refractivity contribution < 1.29 is 57.0 Å². The zero-order valence-electron chi connectivity index (χ0n) is 8.38. The van der Waals surface area contributed by atoms with Crippen molar-refractivity contribution in [2.45, 2.75) is 18.6 Å². The molecule has 0 aliphatic rings. The van der Waals surface area contributed by atoms with Crippen LogP contribution in [0, 0.1) is 0 Å². The fourth-order valence-electron chi connectivity index (χ4n) is 0.346. The molecule has 17 heavy (non-hydrogen) atoms. The number of carboxylic acid groups (broad SMARTS) is 3. The predicted molar refractivity (Wildman–Crippen MR) is 43.3 cm³/mol. The maximum Gasteiger partial charge on any atom is 2.00 e. The first-order chi connectivity index (χ1) is 7.22. The van der Waals surface area contributed by atoms with Crippen LogP contribution in [0.4, 0.5) is 0 Å². The number of carbonyl (C=O) groups excluding carboxylic acids is 2. The topological polar surface area (TPSA) is 184 Å². The van der Waals surface area contributed by atoms with E-state index in [4.69, 9.17) is 21.1 Å². The van der Waals surface area contributed by atoms with E-state index in [-0.39, 0.29) is 17.1 Å². The third-order valence-electron chi connectivity index (χ3n) is 1.14. The van der Waals surface area contributed by atoms with Crippen LogP contribution < -0.4 is 15.9 Å². The van der Waals surface area contributed by atoms with Crippen LogP contribution >= 0.6 is 0 Å². The van der Waals surface area contributed by atoms with Crippen molar-refractivity contribution >= 4 is 17.9 Å². The van der Waals surface area contributed by atoms with Gasteiger partial charge in [0.25, 0.3) is 0 Å². The van der Waals surface area contributed by atoms with Gasteiger partial charge in [-0.2, -0.15) is 0 Å². The Hall–Kier alpha value is -1.19. The Bertz CT molecular complexity index is 258. The van der Waals surface area contributed by atoms with Gasteiger partial charge in [-0.1, -0.05) is 0 Å². The summed E-state index contributed by atoms with van der Waals surface area (Å²) in [5.41, 5.74) is 4.77. The minimum Gasteiger partial charge on any atom is -0.548 e. The summed E-state index contributed by atoms with van der Waals surface area (Å²) in [4.78, 5) is 28.9. The second-order valence-electron chi connectivity index (χ2n) is 2.54. The molecule has 2 atom stereocenters. The smallest absolute Gasteiger partial charge is 0.548 e. The molecule has 0 amide bonds. The number of hydrogen-bond acceptors (Lipinski definition) is 8. The molecular weight excluding hydrogens is 282 g/mol. The Morgan fingerprint density at radius 2 is 1.59 bits per heavy atom. The van der Waals surface area contributed by atoms with Gasteiger partial charge in [-0.25, -0.2) is 0 Å². The zero-order chi connectivity index (χ0) is 13.3. The van der Waals surface area contributed by atoms with Crippen molar-refractivity contribution in [3.05, 3.63) is 0 Å². The van der Waals surface area contributed by atoms with Crippen LogP contribution in [0.3, 0.4) is 0 Å². The van der Waals surface area contributed by atoms with Crippen LogP contribution in [-0.2, 0) is 31.5 Å². The molecule has 0 aliphatic carbocycles. The summed E-state index contributed by atoms with van der Waals surface area (Å²) in [7, 11) is 0. The van der Waals surface area contributed by atoms with Gasteiger partial charge in [0, 0.05) is 0 Å². The van der Waals surface area contributed by atoms with Gasteiger partial charge in [-0.3, -0.25) is 4.79 Å². The first-order valence-corrected chi connectivity index (χ1v) is 3.90. The van der Waals surface area contributed by atoms with Gasteiger partial charge < -0.3 is 40.9 Å². The standard InChI is InChI=1S/C4H7NO4.C3H6O4.Fe/c5-2(4(8)9)1-3(6)7;4-1-2(5)3(6)7;/h2H,1,5H2,(H,6,7)(H,8,9);2,4-5H,1H2,(H,6,7);/q;;+2/p-2/t2-;;/m0../s1. The van der Waals surface area contributed by atoms with Crippen LogP contribution in [0.15, 0.2) is 0 Å². The molecule has 0 aromatic rings. The minimum absolute atomic E-state index is 0. The molecule has 0 aromatic carbocycles. The maximum absolute atomic E-state index is 9.74. The summed E-state index contributed by atoms with van der Waals surface area (Å²) in [6, 6.07) is -1.40. The molecule has 0 heterocycles. The molecule has 0 aliphatic heterocycles. The Balaban J connectivity index is -0.000000224. The summed E-state index contributed by atoms with van der Waals surface area (Å²) < 4.78 is 0. The van der Waals surface area contributed by atoms with Gasteiger partial charge in [0.2, 0.25) is 0 Å².